The molecule has 1 aromatic carbocycles. The topological polar surface area (TPSA) is 94.7 Å². The predicted octanol–water partition coefficient (Wildman–Crippen LogP) is 3.14. The number of aromatic nitrogens is 4. The van der Waals surface area contributed by atoms with E-state index in [-0.39, 0.29) is 5.91 Å². The van der Waals surface area contributed by atoms with Crippen LogP contribution in [-0.2, 0) is 24.4 Å². The van der Waals surface area contributed by atoms with Crippen molar-refractivity contribution in [3.05, 3.63) is 72.7 Å². The summed E-state index contributed by atoms with van der Waals surface area (Å²) in [7, 11) is 0. The van der Waals surface area contributed by atoms with E-state index in [1.165, 1.54) is 11.9 Å². The van der Waals surface area contributed by atoms with Crippen LogP contribution in [0.3, 0.4) is 0 Å². The van der Waals surface area contributed by atoms with Crippen molar-refractivity contribution in [1.82, 2.24) is 28.7 Å². The molecule has 162 valence electrons. The number of nitrogens with one attached hydrogen (secondary N) is 2. The minimum atomic E-state index is -0.398. The number of hydrogen-bond donors (Lipinski definition) is 2. The summed E-state index contributed by atoms with van der Waals surface area (Å²) >= 11 is 1.48. The number of H-pyrrole nitrogens is 1. The smallest absolute Gasteiger partial charge is 0.241 e. The zero-order chi connectivity index (χ0) is 21.9. The highest BCUT2D eigenvalue weighted by molar-refractivity contribution is 7.97. The second kappa shape index (κ2) is 8.94. The Bertz CT molecular complexity index is 1280. The third kappa shape index (κ3) is 4.02. The first-order valence-electron chi connectivity index (χ1n) is 10.6. The summed E-state index contributed by atoms with van der Waals surface area (Å²) in [4.78, 5) is 24.1. The van der Waals surface area contributed by atoms with Crippen LogP contribution < -0.4 is 4.72 Å². The zero-order valence-corrected chi connectivity index (χ0v) is 18.3. The molecule has 9 heteroatoms. The average Bonchev–Trinajstić information content (AvgIpc) is 3.58. The summed E-state index contributed by atoms with van der Waals surface area (Å²) in [6.07, 6.45) is 8.11. The van der Waals surface area contributed by atoms with Crippen LogP contribution in [0.5, 0.6) is 0 Å². The van der Waals surface area contributed by atoms with Crippen LogP contribution in [0.25, 0.3) is 10.9 Å². The van der Waals surface area contributed by atoms with Crippen molar-refractivity contribution < 1.29 is 4.79 Å². The molecule has 0 fully saturated rings. The maximum absolute atomic E-state index is 13.5. The number of aromatic amines is 1. The molecule has 1 aliphatic rings. The summed E-state index contributed by atoms with van der Waals surface area (Å²) in [5, 5.41) is 10.4. The predicted molar refractivity (Wildman–Crippen MR) is 122 cm³/mol. The van der Waals surface area contributed by atoms with Gasteiger partial charge in [0.15, 0.2) is 0 Å². The second-order valence-corrected chi connectivity index (χ2v) is 8.63. The molecular formula is C23H23N7OS. The van der Waals surface area contributed by atoms with Gasteiger partial charge in [-0.1, -0.05) is 6.07 Å². The van der Waals surface area contributed by atoms with Gasteiger partial charge in [-0.2, -0.15) is 5.26 Å². The van der Waals surface area contributed by atoms with Crippen LogP contribution in [-0.4, -0.2) is 42.5 Å². The van der Waals surface area contributed by atoms with Gasteiger partial charge >= 0.3 is 0 Å². The molecule has 0 spiro atoms. The second-order valence-electron chi connectivity index (χ2n) is 7.75. The Hall–Kier alpha value is -3.48. The van der Waals surface area contributed by atoms with Gasteiger partial charge in [0.25, 0.3) is 0 Å². The fourth-order valence-corrected chi connectivity index (χ4v) is 5.00. The number of carbonyl (C=O) groups excluding carboxylic acids is 1. The Morgan fingerprint density at radius 3 is 3.09 bits per heavy atom. The molecule has 32 heavy (non-hydrogen) atoms. The van der Waals surface area contributed by atoms with Crippen molar-refractivity contribution in [1.29, 1.82) is 5.26 Å². The van der Waals surface area contributed by atoms with Gasteiger partial charge in [0, 0.05) is 60.2 Å². The molecule has 2 N–H and O–H groups in total. The molecule has 1 unspecified atom stereocenters. The largest absolute Gasteiger partial charge is 0.361 e. The van der Waals surface area contributed by atoms with Gasteiger partial charge in [-0.15, -0.1) is 0 Å². The van der Waals surface area contributed by atoms with E-state index in [1.54, 1.807) is 12.3 Å². The number of aryl methyl sites for hydroxylation is 1. The molecule has 3 aromatic heterocycles. The summed E-state index contributed by atoms with van der Waals surface area (Å²) < 4.78 is 7.40. The van der Waals surface area contributed by atoms with E-state index in [0.29, 0.717) is 31.7 Å². The fourth-order valence-electron chi connectivity index (χ4n) is 4.07. The van der Waals surface area contributed by atoms with Crippen LogP contribution in [0.1, 0.15) is 17.9 Å². The lowest BCUT2D eigenvalue weighted by Crippen LogP contribution is -2.47. The quantitative estimate of drug-likeness (QED) is 0.426. The molecular weight excluding hydrogens is 422 g/mol. The third-order valence-corrected chi connectivity index (χ3v) is 6.80. The number of nitrogens with zero attached hydrogens (tertiary/aromatic N) is 5. The summed E-state index contributed by atoms with van der Waals surface area (Å²) in [5.41, 5.74) is 1.66. The highest BCUT2D eigenvalue weighted by Crippen LogP contribution is 2.26. The number of nitriles is 1. The van der Waals surface area contributed by atoms with E-state index >= 15 is 0 Å². The molecule has 1 atom stereocenters. The van der Waals surface area contributed by atoms with E-state index in [9.17, 15) is 10.1 Å². The Morgan fingerprint density at radius 2 is 2.19 bits per heavy atom. The van der Waals surface area contributed by atoms with E-state index in [0.717, 1.165) is 28.2 Å². The van der Waals surface area contributed by atoms with E-state index in [1.807, 2.05) is 58.4 Å². The lowest BCUT2D eigenvalue weighted by molar-refractivity contribution is -0.134. The minimum absolute atomic E-state index is 0.0543. The average molecular weight is 446 g/mol. The van der Waals surface area contributed by atoms with Crippen molar-refractivity contribution in [3.8, 4) is 6.07 Å². The van der Waals surface area contributed by atoms with Gasteiger partial charge < -0.3 is 19.0 Å². The van der Waals surface area contributed by atoms with Crippen molar-refractivity contribution in [2.24, 2.45) is 0 Å². The number of amides is 1. The summed E-state index contributed by atoms with van der Waals surface area (Å²) in [6, 6.07) is 13.6. The molecule has 5 rings (SSSR count). The molecule has 0 radical (unpaired) electrons. The number of imidazole rings is 1. The Morgan fingerprint density at radius 1 is 1.25 bits per heavy atom. The van der Waals surface area contributed by atoms with Gasteiger partial charge in [-0.25, -0.2) is 9.71 Å². The first-order chi connectivity index (χ1) is 15.7. The standard InChI is InChI=1S/C23H23N7OS/c24-15-17-3-2-10-28(17)11-7-20(23(31)30-14-13-29-12-9-26-22(29)16-30)27-32-21-5-1-4-19-18(21)6-8-25-19/h1-6,8-10,12,20,25,27H,7,11,13-14,16H2. The SMILES string of the molecule is N#Cc1cccn1CCC(NSc1cccc2[nH]ccc12)C(=O)N1CCn2ccnc2C1. The first kappa shape index (κ1) is 20.4. The van der Waals surface area contributed by atoms with Crippen LogP contribution in [0.2, 0.25) is 0 Å². The number of carbonyl (C=O) groups is 1. The molecule has 0 saturated carbocycles. The normalized spacial score (nSPS) is 14.3. The van der Waals surface area contributed by atoms with Gasteiger partial charge in [-0.3, -0.25) is 4.79 Å². The van der Waals surface area contributed by atoms with E-state index < -0.39 is 6.04 Å². The molecule has 0 aliphatic carbocycles. The van der Waals surface area contributed by atoms with Crippen molar-refractivity contribution in [3.63, 3.8) is 0 Å². The Kier molecular flexibility index (Phi) is 5.71. The molecule has 4 aromatic rings. The van der Waals surface area contributed by atoms with Crippen LogP contribution in [0, 0.1) is 11.3 Å². The van der Waals surface area contributed by atoms with Gasteiger partial charge in [0.2, 0.25) is 5.91 Å². The van der Waals surface area contributed by atoms with Gasteiger partial charge in [0.1, 0.15) is 17.6 Å². The van der Waals surface area contributed by atoms with Crippen molar-refractivity contribution in [2.45, 2.75) is 37.0 Å². The lowest BCUT2D eigenvalue weighted by atomic mass is 10.1. The summed E-state index contributed by atoms with van der Waals surface area (Å²) in [6.45, 7) is 2.50. The van der Waals surface area contributed by atoms with Crippen LogP contribution in [0.4, 0.5) is 0 Å². The number of rotatable bonds is 7. The molecule has 0 saturated heterocycles. The molecule has 0 bridgehead atoms. The highest BCUT2D eigenvalue weighted by atomic mass is 32.2. The number of hydrogen-bond acceptors (Lipinski definition) is 5. The fraction of sp³-hybridized carbons (Fsp3) is 0.261. The van der Waals surface area contributed by atoms with Gasteiger partial charge in [0.05, 0.1) is 12.6 Å². The van der Waals surface area contributed by atoms with Crippen molar-refractivity contribution >= 4 is 28.8 Å². The highest BCUT2D eigenvalue weighted by Gasteiger charge is 2.28. The Balaban J connectivity index is 1.33. The van der Waals surface area contributed by atoms with E-state index in [2.05, 4.69) is 25.3 Å². The molecule has 1 amide bonds. The van der Waals surface area contributed by atoms with Gasteiger partial charge in [-0.05, 0) is 48.7 Å². The minimum Gasteiger partial charge on any atom is -0.361 e. The molecule has 1 aliphatic heterocycles. The number of fused-ring (bicyclic) bond motifs is 2. The third-order valence-electron chi connectivity index (χ3n) is 5.82. The maximum atomic E-state index is 13.5. The first-order valence-corrected chi connectivity index (χ1v) is 11.4. The van der Waals surface area contributed by atoms with E-state index in [4.69, 9.17) is 0 Å². The lowest BCUT2D eigenvalue weighted by Gasteiger charge is -2.31. The van der Waals surface area contributed by atoms with Crippen LogP contribution >= 0.6 is 11.9 Å². The Labute approximate surface area is 190 Å². The van der Waals surface area contributed by atoms with Crippen LogP contribution in [0.15, 0.2) is 66.1 Å². The monoisotopic (exact) mass is 445 g/mol. The molecule has 8 nitrogen and oxygen atoms in total. The summed E-state index contributed by atoms with van der Waals surface area (Å²) in [5.74, 6) is 0.962. The maximum Gasteiger partial charge on any atom is 0.241 e. The number of benzene rings is 1. The molecule has 4 heterocycles. The van der Waals surface area contributed by atoms with Crippen molar-refractivity contribution in [2.75, 3.05) is 6.54 Å². The zero-order valence-electron chi connectivity index (χ0n) is 17.4.